The van der Waals surface area contributed by atoms with Gasteiger partial charge < -0.3 is 0 Å². The van der Waals surface area contributed by atoms with Crippen molar-refractivity contribution in [3.8, 4) is 0 Å². The first-order valence-electron chi connectivity index (χ1n) is 5.78. The van der Waals surface area contributed by atoms with E-state index in [-0.39, 0.29) is 0 Å². The lowest BCUT2D eigenvalue weighted by Gasteiger charge is -2.38. The number of benzene rings is 1. The molecule has 0 aliphatic carbocycles. The van der Waals surface area contributed by atoms with Crippen LogP contribution in [0.4, 0.5) is 0 Å². The minimum atomic E-state index is 0.597. The zero-order valence-corrected chi connectivity index (χ0v) is 10.2. The van der Waals surface area contributed by atoms with E-state index in [1.54, 1.807) is 0 Å². The first-order valence-corrected chi connectivity index (χ1v) is 6.16. The first kappa shape index (κ1) is 10.8. The van der Waals surface area contributed by atoms with Crippen LogP contribution in [0, 0.1) is 0 Å². The minimum Gasteiger partial charge on any atom is -0.298 e. The molecule has 2 aromatic rings. The van der Waals surface area contributed by atoms with Gasteiger partial charge in [-0.3, -0.25) is 10.00 Å². The Morgan fingerprint density at radius 2 is 2.12 bits per heavy atom. The molecule has 0 radical (unpaired) electrons. The third kappa shape index (κ3) is 2.21. The van der Waals surface area contributed by atoms with Gasteiger partial charge in [0.05, 0.1) is 0 Å². The fourth-order valence-electron chi connectivity index (χ4n) is 2.26. The average Bonchev–Trinajstić information content (AvgIpc) is 2.78. The van der Waals surface area contributed by atoms with E-state index < -0.39 is 0 Å². The Morgan fingerprint density at radius 3 is 2.82 bits per heavy atom. The Bertz CT molecular complexity index is 489. The highest BCUT2D eigenvalue weighted by Crippen LogP contribution is 2.28. The zero-order valence-electron chi connectivity index (χ0n) is 9.44. The fourth-order valence-corrected chi connectivity index (χ4v) is 2.45. The summed E-state index contributed by atoms with van der Waals surface area (Å²) in [5.41, 5.74) is 2.44. The number of rotatable bonds is 3. The fraction of sp³-hybridized carbons (Fsp3) is 0.308. The molecule has 0 atom stereocenters. The molecule has 1 N–H and O–H groups in total. The lowest BCUT2D eigenvalue weighted by molar-refractivity contribution is 0.137. The molecule has 0 amide bonds. The monoisotopic (exact) mass is 247 g/mol. The molecular formula is C13H14ClN3. The molecule has 0 saturated carbocycles. The number of H-pyrrole nitrogens is 1. The van der Waals surface area contributed by atoms with E-state index in [2.05, 4.69) is 27.2 Å². The summed E-state index contributed by atoms with van der Waals surface area (Å²) in [7, 11) is 0. The van der Waals surface area contributed by atoms with E-state index in [1.807, 2.05) is 24.4 Å². The lowest BCUT2D eigenvalue weighted by Crippen LogP contribution is -2.44. The van der Waals surface area contributed by atoms with Crippen LogP contribution < -0.4 is 0 Å². The van der Waals surface area contributed by atoms with Crippen LogP contribution in [0.1, 0.15) is 17.2 Å². The second-order valence-electron chi connectivity index (χ2n) is 4.49. The van der Waals surface area contributed by atoms with E-state index in [1.165, 1.54) is 11.3 Å². The summed E-state index contributed by atoms with van der Waals surface area (Å²) in [5, 5.41) is 7.87. The standard InChI is InChI=1S/C13H14ClN3/c14-12-4-2-1-3-10(12)7-17-8-11(9-17)13-5-6-15-16-13/h1-6,11H,7-9H2,(H,15,16). The van der Waals surface area contributed by atoms with Gasteiger partial charge in [0.15, 0.2) is 0 Å². The van der Waals surface area contributed by atoms with Gasteiger partial charge in [-0.25, -0.2) is 0 Å². The Hall–Kier alpha value is -1.32. The van der Waals surface area contributed by atoms with E-state index in [0.29, 0.717) is 5.92 Å². The Kier molecular flexibility index (Phi) is 2.87. The molecular weight excluding hydrogens is 234 g/mol. The summed E-state index contributed by atoms with van der Waals surface area (Å²) in [5.74, 6) is 0.597. The van der Waals surface area contributed by atoms with Crippen LogP contribution in [0.5, 0.6) is 0 Å². The number of nitrogens with zero attached hydrogens (tertiary/aromatic N) is 2. The highest BCUT2D eigenvalue weighted by molar-refractivity contribution is 6.31. The van der Waals surface area contributed by atoms with E-state index in [0.717, 1.165) is 24.7 Å². The predicted octanol–water partition coefficient (Wildman–Crippen LogP) is 2.66. The van der Waals surface area contributed by atoms with E-state index >= 15 is 0 Å². The van der Waals surface area contributed by atoms with Crippen LogP contribution >= 0.6 is 11.6 Å². The van der Waals surface area contributed by atoms with Gasteiger partial charge in [-0.2, -0.15) is 5.10 Å². The molecule has 3 nitrogen and oxygen atoms in total. The molecule has 0 bridgehead atoms. The maximum absolute atomic E-state index is 6.14. The smallest absolute Gasteiger partial charge is 0.0490 e. The van der Waals surface area contributed by atoms with Crippen molar-refractivity contribution in [3.63, 3.8) is 0 Å². The Balaban J connectivity index is 1.58. The highest BCUT2D eigenvalue weighted by atomic mass is 35.5. The Morgan fingerprint density at radius 1 is 1.29 bits per heavy atom. The molecule has 1 aromatic heterocycles. The second kappa shape index (κ2) is 4.51. The molecule has 0 unspecified atom stereocenters. The van der Waals surface area contributed by atoms with Gasteiger partial charge in [-0.05, 0) is 17.7 Å². The predicted molar refractivity (Wildman–Crippen MR) is 68.1 cm³/mol. The number of halogens is 1. The van der Waals surface area contributed by atoms with Gasteiger partial charge in [-0.1, -0.05) is 29.8 Å². The maximum atomic E-state index is 6.14. The average molecular weight is 248 g/mol. The van der Waals surface area contributed by atoms with Crippen molar-refractivity contribution < 1.29 is 0 Å². The molecule has 88 valence electrons. The quantitative estimate of drug-likeness (QED) is 0.904. The Labute approximate surface area is 105 Å². The number of aromatic nitrogens is 2. The highest BCUT2D eigenvalue weighted by Gasteiger charge is 2.28. The van der Waals surface area contributed by atoms with Crippen LogP contribution in [-0.2, 0) is 6.54 Å². The molecule has 1 aliphatic rings. The summed E-state index contributed by atoms with van der Waals surface area (Å²) in [6.45, 7) is 3.09. The molecule has 17 heavy (non-hydrogen) atoms. The lowest BCUT2D eigenvalue weighted by atomic mass is 9.96. The zero-order chi connectivity index (χ0) is 11.7. The largest absolute Gasteiger partial charge is 0.298 e. The van der Waals surface area contributed by atoms with Crippen molar-refractivity contribution in [3.05, 3.63) is 52.8 Å². The number of likely N-dealkylation sites (tertiary alicyclic amines) is 1. The molecule has 2 heterocycles. The topological polar surface area (TPSA) is 31.9 Å². The number of nitrogens with one attached hydrogen (secondary N) is 1. The summed E-state index contributed by atoms with van der Waals surface area (Å²) >= 11 is 6.14. The molecule has 1 aromatic carbocycles. The van der Waals surface area contributed by atoms with Crippen LogP contribution in [0.3, 0.4) is 0 Å². The van der Waals surface area contributed by atoms with Crippen LogP contribution in [0.15, 0.2) is 36.5 Å². The van der Waals surface area contributed by atoms with Crippen molar-refractivity contribution in [2.24, 2.45) is 0 Å². The van der Waals surface area contributed by atoms with Crippen molar-refractivity contribution >= 4 is 11.6 Å². The summed E-state index contributed by atoms with van der Waals surface area (Å²) in [6.07, 6.45) is 1.81. The van der Waals surface area contributed by atoms with Crippen molar-refractivity contribution in [2.75, 3.05) is 13.1 Å². The molecule has 1 fully saturated rings. The second-order valence-corrected chi connectivity index (χ2v) is 4.90. The van der Waals surface area contributed by atoms with Gasteiger partial charge in [0.2, 0.25) is 0 Å². The van der Waals surface area contributed by atoms with E-state index in [9.17, 15) is 0 Å². The van der Waals surface area contributed by atoms with Crippen molar-refractivity contribution in [1.82, 2.24) is 15.1 Å². The number of aromatic amines is 1. The minimum absolute atomic E-state index is 0.597. The van der Waals surface area contributed by atoms with Gasteiger partial charge in [-0.15, -0.1) is 0 Å². The third-order valence-corrected chi connectivity index (χ3v) is 3.64. The van der Waals surface area contributed by atoms with Crippen molar-refractivity contribution in [1.29, 1.82) is 0 Å². The van der Waals surface area contributed by atoms with Gasteiger partial charge >= 0.3 is 0 Å². The normalized spacial score (nSPS) is 17.0. The van der Waals surface area contributed by atoms with E-state index in [4.69, 9.17) is 11.6 Å². The molecule has 1 saturated heterocycles. The van der Waals surface area contributed by atoms with Crippen molar-refractivity contribution in [2.45, 2.75) is 12.5 Å². The van der Waals surface area contributed by atoms with Crippen LogP contribution in [0.2, 0.25) is 5.02 Å². The van der Waals surface area contributed by atoms with Crippen LogP contribution in [-0.4, -0.2) is 28.2 Å². The maximum Gasteiger partial charge on any atom is 0.0490 e. The number of hydrogen-bond acceptors (Lipinski definition) is 2. The van der Waals surface area contributed by atoms with Gasteiger partial charge in [0, 0.05) is 42.5 Å². The first-order chi connectivity index (χ1) is 8.33. The summed E-state index contributed by atoms with van der Waals surface area (Å²) < 4.78 is 0. The molecule has 0 spiro atoms. The SMILES string of the molecule is Clc1ccccc1CN1CC(c2ccn[nH]2)C1. The van der Waals surface area contributed by atoms with Crippen LogP contribution in [0.25, 0.3) is 0 Å². The molecule has 4 heteroatoms. The molecule has 1 aliphatic heterocycles. The summed E-state index contributed by atoms with van der Waals surface area (Å²) in [4.78, 5) is 2.40. The molecule has 3 rings (SSSR count). The van der Waals surface area contributed by atoms with Gasteiger partial charge in [0.25, 0.3) is 0 Å². The third-order valence-electron chi connectivity index (χ3n) is 3.27. The number of hydrogen-bond donors (Lipinski definition) is 1. The summed E-state index contributed by atoms with van der Waals surface area (Å²) in [6, 6.07) is 10.1. The van der Waals surface area contributed by atoms with Gasteiger partial charge in [0.1, 0.15) is 0 Å².